The molecule has 1 aromatic rings. The van der Waals surface area contributed by atoms with Crippen LogP contribution in [0.2, 0.25) is 0 Å². The summed E-state index contributed by atoms with van der Waals surface area (Å²) in [4.78, 5) is 16.4. The Labute approximate surface area is 113 Å². The topological polar surface area (TPSA) is 43.8 Å². The molecule has 1 saturated heterocycles. The summed E-state index contributed by atoms with van der Waals surface area (Å²) in [5, 5.41) is 9.26. The van der Waals surface area contributed by atoms with Crippen LogP contribution in [0.15, 0.2) is 24.3 Å². The Hall–Kier alpha value is -1.55. The monoisotopic (exact) mass is 260 g/mol. The highest BCUT2D eigenvalue weighted by molar-refractivity contribution is 5.94. The van der Waals surface area contributed by atoms with Gasteiger partial charge < -0.3 is 10.0 Å². The normalized spacial score (nSPS) is 22.5. The van der Waals surface area contributed by atoms with Gasteiger partial charge in [0.2, 0.25) is 0 Å². The number of fused-ring (bicyclic) bond motifs is 1. The molecule has 1 atom stereocenters. The van der Waals surface area contributed by atoms with Crippen LogP contribution in [-0.4, -0.2) is 42.3 Å². The van der Waals surface area contributed by atoms with Crippen LogP contribution in [0.25, 0.3) is 0 Å². The van der Waals surface area contributed by atoms with Crippen molar-refractivity contribution >= 4 is 11.7 Å². The molecule has 0 aliphatic carbocycles. The van der Waals surface area contributed by atoms with Crippen molar-refractivity contribution in [1.29, 1.82) is 0 Å². The first kappa shape index (κ1) is 12.5. The fourth-order valence-electron chi connectivity index (χ4n) is 3.10. The molecule has 1 aromatic carbocycles. The van der Waals surface area contributed by atoms with Gasteiger partial charge in [0.15, 0.2) is 0 Å². The van der Waals surface area contributed by atoms with E-state index in [1.807, 2.05) is 28.0 Å². The van der Waals surface area contributed by atoms with Gasteiger partial charge in [0.1, 0.15) is 0 Å². The minimum Gasteiger partial charge on any atom is -0.396 e. The molecule has 1 unspecified atom stereocenters. The van der Waals surface area contributed by atoms with Gasteiger partial charge in [-0.25, -0.2) is 4.79 Å². The van der Waals surface area contributed by atoms with Crippen molar-refractivity contribution in [3.8, 4) is 0 Å². The minimum absolute atomic E-state index is 0.100. The van der Waals surface area contributed by atoms with Crippen LogP contribution in [0.3, 0.4) is 0 Å². The van der Waals surface area contributed by atoms with Crippen molar-refractivity contribution in [1.82, 2.24) is 4.90 Å². The molecule has 0 saturated carbocycles. The summed E-state index contributed by atoms with van der Waals surface area (Å²) in [5.41, 5.74) is 2.31. The maximum absolute atomic E-state index is 12.6. The summed E-state index contributed by atoms with van der Waals surface area (Å²) in [5.74, 6) is 0.246. The molecule has 2 aliphatic heterocycles. The number of nitrogens with zero attached hydrogens (tertiary/aromatic N) is 2. The maximum atomic E-state index is 12.6. The van der Waals surface area contributed by atoms with Gasteiger partial charge in [-0.05, 0) is 36.8 Å². The number of likely N-dealkylation sites (tertiary alicyclic amines) is 1. The second-order valence-electron chi connectivity index (χ2n) is 5.45. The molecule has 102 valence electrons. The average molecular weight is 260 g/mol. The van der Waals surface area contributed by atoms with E-state index < -0.39 is 0 Å². The fraction of sp³-hybridized carbons (Fsp3) is 0.533. The molecule has 2 aliphatic rings. The zero-order valence-corrected chi connectivity index (χ0v) is 11.1. The van der Waals surface area contributed by atoms with Crippen molar-refractivity contribution in [3.63, 3.8) is 0 Å². The molecule has 1 fully saturated rings. The van der Waals surface area contributed by atoms with Gasteiger partial charge in [0.05, 0.1) is 0 Å². The Kier molecular flexibility index (Phi) is 3.42. The van der Waals surface area contributed by atoms with Crippen LogP contribution in [0.1, 0.15) is 18.4 Å². The Morgan fingerprint density at radius 3 is 3.00 bits per heavy atom. The molecule has 0 radical (unpaired) electrons. The average Bonchev–Trinajstić information content (AvgIpc) is 2.90. The predicted molar refractivity (Wildman–Crippen MR) is 74.3 cm³/mol. The number of carbonyl (C=O) groups is 1. The van der Waals surface area contributed by atoms with Gasteiger partial charge in [-0.1, -0.05) is 18.2 Å². The van der Waals surface area contributed by atoms with Gasteiger partial charge in [-0.2, -0.15) is 0 Å². The molecule has 4 heteroatoms. The first-order chi connectivity index (χ1) is 9.29. The van der Waals surface area contributed by atoms with Crippen LogP contribution in [0.4, 0.5) is 10.5 Å². The Bertz CT molecular complexity index is 475. The number of aliphatic hydroxyl groups excluding tert-OH is 1. The van der Waals surface area contributed by atoms with E-state index in [2.05, 4.69) is 6.07 Å². The number of hydrogen-bond donors (Lipinski definition) is 1. The first-order valence-corrected chi connectivity index (χ1v) is 7.05. The van der Waals surface area contributed by atoms with E-state index in [1.165, 1.54) is 5.56 Å². The highest BCUT2D eigenvalue weighted by Gasteiger charge is 2.30. The SMILES string of the molecule is O=C(N1CCCC(CO)C1)N1CCc2ccccc21. The number of urea groups is 1. The van der Waals surface area contributed by atoms with Crippen LogP contribution < -0.4 is 4.90 Å². The molecule has 4 nitrogen and oxygen atoms in total. The molecular weight excluding hydrogens is 240 g/mol. The summed E-state index contributed by atoms with van der Waals surface area (Å²) in [6, 6.07) is 8.22. The number of aliphatic hydroxyl groups is 1. The van der Waals surface area contributed by atoms with E-state index in [9.17, 15) is 9.90 Å². The third-order valence-corrected chi connectivity index (χ3v) is 4.17. The standard InChI is InChI=1S/C15H20N2O2/c18-11-12-4-3-8-16(10-12)15(19)17-9-7-13-5-1-2-6-14(13)17/h1-2,5-6,12,18H,3-4,7-11H2. The Morgan fingerprint density at radius 2 is 2.16 bits per heavy atom. The van der Waals surface area contributed by atoms with Gasteiger partial charge in [0, 0.05) is 31.9 Å². The van der Waals surface area contributed by atoms with Gasteiger partial charge >= 0.3 is 6.03 Å². The quantitative estimate of drug-likeness (QED) is 0.837. The third kappa shape index (κ3) is 2.32. The van der Waals surface area contributed by atoms with E-state index in [1.54, 1.807) is 0 Å². The van der Waals surface area contributed by atoms with E-state index in [4.69, 9.17) is 0 Å². The number of benzene rings is 1. The second kappa shape index (κ2) is 5.21. The summed E-state index contributed by atoms with van der Waals surface area (Å²) in [7, 11) is 0. The van der Waals surface area contributed by atoms with Gasteiger partial charge in [-0.15, -0.1) is 0 Å². The number of piperidine rings is 1. The molecule has 2 heterocycles. The summed E-state index contributed by atoms with van der Waals surface area (Å²) >= 11 is 0. The summed E-state index contributed by atoms with van der Waals surface area (Å²) in [6.07, 6.45) is 2.96. The number of rotatable bonds is 1. The predicted octanol–water partition coefficient (Wildman–Crippen LogP) is 1.87. The summed E-state index contributed by atoms with van der Waals surface area (Å²) < 4.78 is 0. The molecule has 1 N–H and O–H groups in total. The summed E-state index contributed by atoms with van der Waals surface area (Å²) in [6.45, 7) is 2.46. The molecule has 0 bridgehead atoms. The van der Waals surface area contributed by atoms with Crippen molar-refractivity contribution < 1.29 is 9.90 Å². The highest BCUT2D eigenvalue weighted by Crippen LogP contribution is 2.29. The van der Waals surface area contributed by atoms with Crippen molar-refractivity contribution in [2.24, 2.45) is 5.92 Å². The zero-order valence-electron chi connectivity index (χ0n) is 11.1. The first-order valence-electron chi connectivity index (χ1n) is 7.05. The molecular formula is C15H20N2O2. The Balaban J connectivity index is 1.75. The number of carbonyl (C=O) groups excluding carboxylic acids is 1. The zero-order chi connectivity index (χ0) is 13.2. The lowest BCUT2D eigenvalue weighted by molar-refractivity contribution is 0.133. The number of amides is 2. The number of anilines is 1. The molecule has 0 spiro atoms. The van der Waals surface area contributed by atoms with Gasteiger partial charge in [0.25, 0.3) is 0 Å². The smallest absolute Gasteiger partial charge is 0.324 e. The molecule has 19 heavy (non-hydrogen) atoms. The maximum Gasteiger partial charge on any atom is 0.324 e. The van der Waals surface area contributed by atoms with E-state index in [0.717, 1.165) is 38.0 Å². The molecule has 2 amide bonds. The second-order valence-corrected chi connectivity index (χ2v) is 5.45. The number of hydrogen-bond acceptors (Lipinski definition) is 2. The molecule has 0 aromatic heterocycles. The highest BCUT2D eigenvalue weighted by atomic mass is 16.3. The molecule has 3 rings (SSSR count). The van der Waals surface area contributed by atoms with E-state index >= 15 is 0 Å². The van der Waals surface area contributed by atoms with E-state index in [0.29, 0.717) is 6.54 Å². The third-order valence-electron chi connectivity index (χ3n) is 4.17. The fourth-order valence-corrected chi connectivity index (χ4v) is 3.10. The number of para-hydroxylation sites is 1. The minimum atomic E-state index is 0.100. The lowest BCUT2D eigenvalue weighted by Gasteiger charge is -2.34. The van der Waals surface area contributed by atoms with Gasteiger partial charge in [-0.3, -0.25) is 4.90 Å². The van der Waals surface area contributed by atoms with Crippen LogP contribution in [0.5, 0.6) is 0 Å². The van der Waals surface area contributed by atoms with Crippen molar-refractivity contribution in [2.45, 2.75) is 19.3 Å². The lowest BCUT2D eigenvalue weighted by atomic mass is 9.99. The van der Waals surface area contributed by atoms with E-state index in [-0.39, 0.29) is 18.6 Å². The lowest BCUT2D eigenvalue weighted by Crippen LogP contribution is -2.47. The van der Waals surface area contributed by atoms with Crippen LogP contribution in [-0.2, 0) is 6.42 Å². The van der Waals surface area contributed by atoms with Crippen molar-refractivity contribution in [3.05, 3.63) is 29.8 Å². The van der Waals surface area contributed by atoms with Crippen molar-refractivity contribution in [2.75, 3.05) is 31.1 Å². The van der Waals surface area contributed by atoms with Crippen LogP contribution >= 0.6 is 0 Å². The largest absolute Gasteiger partial charge is 0.396 e. The van der Waals surface area contributed by atoms with Crippen LogP contribution in [0, 0.1) is 5.92 Å². The Morgan fingerprint density at radius 1 is 1.32 bits per heavy atom.